The first-order chi connectivity index (χ1) is 14.0. The molecule has 0 aliphatic carbocycles. The highest BCUT2D eigenvalue weighted by atomic mass is 35.5. The topological polar surface area (TPSA) is 96.6 Å². The summed E-state index contributed by atoms with van der Waals surface area (Å²) < 4.78 is 42.6. The van der Waals surface area contributed by atoms with Gasteiger partial charge in [-0.15, -0.1) is 0 Å². The summed E-state index contributed by atoms with van der Waals surface area (Å²) in [5, 5.41) is 15.1. The molecule has 12 heteroatoms. The van der Waals surface area contributed by atoms with Gasteiger partial charge >= 0.3 is 12.1 Å². The van der Waals surface area contributed by atoms with Gasteiger partial charge in [0.1, 0.15) is 6.26 Å². The van der Waals surface area contributed by atoms with Gasteiger partial charge in [-0.25, -0.2) is 9.78 Å². The molecule has 1 aromatic heterocycles. The molecule has 2 aromatic rings. The molecule has 1 unspecified atom stereocenters. The Hall–Kier alpha value is -1.85. The van der Waals surface area contributed by atoms with E-state index in [1.165, 1.54) is 0 Å². The van der Waals surface area contributed by atoms with Gasteiger partial charge < -0.3 is 24.9 Å². The molecule has 1 aliphatic rings. The van der Waals surface area contributed by atoms with Crippen LogP contribution in [0.25, 0.3) is 11.5 Å². The second kappa shape index (κ2) is 10.5. The maximum Gasteiger partial charge on any atom is 0.490 e. The highest BCUT2D eigenvalue weighted by molar-refractivity contribution is 6.35. The van der Waals surface area contributed by atoms with Gasteiger partial charge in [-0.1, -0.05) is 23.2 Å². The Morgan fingerprint density at radius 3 is 2.50 bits per heavy atom. The highest BCUT2D eigenvalue weighted by Crippen LogP contribution is 2.27. The molecule has 0 bridgehead atoms. The summed E-state index contributed by atoms with van der Waals surface area (Å²) in [6, 6.07) is 5.24. The molecule has 3 N–H and O–H groups in total. The number of oxazole rings is 1. The fourth-order valence-corrected chi connectivity index (χ4v) is 3.35. The van der Waals surface area contributed by atoms with Gasteiger partial charge in [-0.3, -0.25) is 0 Å². The molecule has 1 aliphatic heterocycles. The molecule has 1 aromatic carbocycles. The van der Waals surface area contributed by atoms with E-state index in [9.17, 15) is 13.2 Å². The van der Waals surface area contributed by atoms with Crippen LogP contribution in [-0.2, 0) is 16.1 Å². The van der Waals surface area contributed by atoms with Crippen molar-refractivity contribution in [3.63, 3.8) is 0 Å². The van der Waals surface area contributed by atoms with Crippen molar-refractivity contribution >= 4 is 29.2 Å². The van der Waals surface area contributed by atoms with Crippen molar-refractivity contribution in [2.45, 2.75) is 24.7 Å². The minimum absolute atomic E-state index is 0.0484. The predicted octanol–water partition coefficient (Wildman–Crippen LogP) is 3.75. The molecule has 0 saturated carbocycles. The molecule has 2 heterocycles. The summed E-state index contributed by atoms with van der Waals surface area (Å²) in [4.78, 5) is 13.4. The second-order valence-corrected chi connectivity index (χ2v) is 7.47. The predicted molar refractivity (Wildman–Crippen MR) is 105 cm³/mol. The summed E-state index contributed by atoms with van der Waals surface area (Å²) >= 11 is 12.0. The normalized spacial score (nSPS) is 18.7. The van der Waals surface area contributed by atoms with Crippen LogP contribution in [-0.4, -0.2) is 54.6 Å². The van der Waals surface area contributed by atoms with Crippen LogP contribution in [0.1, 0.15) is 12.1 Å². The lowest BCUT2D eigenvalue weighted by Crippen LogP contribution is -2.50. The molecule has 166 valence electrons. The van der Waals surface area contributed by atoms with E-state index < -0.39 is 12.1 Å². The zero-order valence-corrected chi connectivity index (χ0v) is 17.4. The smallest absolute Gasteiger partial charge is 0.475 e. The monoisotopic (exact) mass is 469 g/mol. The summed E-state index contributed by atoms with van der Waals surface area (Å²) in [7, 11) is 1.72. The number of hydrogen-bond acceptors (Lipinski definition) is 6. The number of aromatic nitrogens is 1. The number of benzene rings is 1. The lowest BCUT2D eigenvalue weighted by Gasteiger charge is -2.28. The van der Waals surface area contributed by atoms with Crippen LogP contribution in [0.4, 0.5) is 13.2 Å². The van der Waals surface area contributed by atoms with Gasteiger partial charge in [0.25, 0.3) is 0 Å². The minimum Gasteiger partial charge on any atom is -0.475 e. The lowest BCUT2D eigenvalue weighted by atomic mass is 10.00. The molecule has 0 spiro atoms. The number of carbonyl (C=O) groups is 1. The first-order valence-corrected chi connectivity index (χ1v) is 9.46. The third-order valence-electron chi connectivity index (χ3n) is 4.21. The van der Waals surface area contributed by atoms with E-state index in [1.807, 2.05) is 0 Å². The fraction of sp³-hybridized carbons (Fsp3) is 0.444. The Bertz CT molecular complexity index is 835. The summed E-state index contributed by atoms with van der Waals surface area (Å²) in [6.45, 7) is 3.15. The number of ether oxygens (including phenoxy) is 1. The van der Waals surface area contributed by atoms with E-state index in [0.29, 0.717) is 29.1 Å². The number of nitrogens with zero attached hydrogens (tertiary/aromatic N) is 1. The van der Waals surface area contributed by atoms with Gasteiger partial charge in [-0.05, 0) is 31.2 Å². The van der Waals surface area contributed by atoms with Crippen molar-refractivity contribution in [2.24, 2.45) is 0 Å². The third-order valence-corrected chi connectivity index (χ3v) is 4.65. The Labute approximate surface area is 180 Å². The maximum absolute atomic E-state index is 10.6. The van der Waals surface area contributed by atoms with Crippen LogP contribution in [0.15, 0.2) is 28.9 Å². The molecule has 3 rings (SSSR count). The third kappa shape index (κ3) is 7.13. The number of carboxylic acids is 1. The van der Waals surface area contributed by atoms with Crippen molar-refractivity contribution in [1.29, 1.82) is 0 Å². The van der Waals surface area contributed by atoms with Crippen LogP contribution in [0.2, 0.25) is 10.0 Å². The number of nitrogens with one attached hydrogen (secondary N) is 2. The average molecular weight is 470 g/mol. The Kier molecular flexibility index (Phi) is 8.51. The molecule has 1 atom stereocenters. The number of aliphatic carboxylic acids is 1. The number of hydrogen-bond donors (Lipinski definition) is 3. The number of halogens is 5. The lowest BCUT2D eigenvalue weighted by molar-refractivity contribution is -0.192. The summed E-state index contributed by atoms with van der Waals surface area (Å²) in [5.41, 5.74) is 1.55. The van der Waals surface area contributed by atoms with E-state index in [4.69, 9.17) is 42.3 Å². The number of carboxylic acid groups (broad SMARTS) is 1. The highest BCUT2D eigenvalue weighted by Gasteiger charge is 2.38. The van der Waals surface area contributed by atoms with E-state index in [0.717, 1.165) is 30.8 Å². The quantitative estimate of drug-likeness (QED) is 0.592. The van der Waals surface area contributed by atoms with Crippen LogP contribution < -0.4 is 10.6 Å². The maximum atomic E-state index is 10.6. The molecule has 30 heavy (non-hydrogen) atoms. The van der Waals surface area contributed by atoms with Crippen molar-refractivity contribution in [3.05, 3.63) is 40.2 Å². The zero-order chi connectivity index (χ0) is 22.4. The standard InChI is InChI=1S/C16H19Cl2N3O2.C2HF3O2/c1-22-10-16(2-3-19-9-16)20-7-14-8-23-15(21-14)11-4-12(17)6-13(18)5-11;3-2(4,5)1(6)7/h4-6,8,19-20H,2-3,7,9-10H2,1H3;(H,6,7). The second-order valence-electron chi connectivity index (χ2n) is 6.60. The van der Waals surface area contributed by atoms with Crippen molar-refractivity contribution < 1.29 is 32.2 Å². The SMILES string of the molecule is COCC1(NCc2coc(-c3cc(Cl)cc(Cl)c3)n2)CCNC1.O=C(O)C(F)(F)F. The van der Waals surface area contributed by atoms with Crippen LogP contribution in [0.5, 0.6) is 0 Å². The minimum atomic E-state index is -5.08. The summed E-state index contributed by atoms with van der Waals surface area (Å²) in [6.07, 6.45) is -2.41. The summed E-state index contributed by atoms with van der Waals surface area (Å²) in [5.74, 6) is -2.25. The zero-order valence-electron chi connectivity index (χ0n) is 15.9. The van der Waals surface area contributed by atoms with Crippen molar-refractivity contribution in [1.82, 2.24) is 15.6 Å². The van der Waals surface area contributed by atoms with E-state index in [1.54, 1.807) is 31.6 Å². The molecule has 0 amide bonds. The van der Waals surface area contributed by atoms with Crippen molar-refractivity contribution in [2.75, 3.05) is 26.8 Å². The largest absolute Gasteiger partial charge is 0.490 e. The van der Waals surface area contributed by atoms with E-state index in [-0.39, 0.29) is 5.54 Å². The average Bonchev–Trinajstić information content (AvgIpc) is 3.29. The number of rotatable bonds is 6. The Morgan fingerprint density at radius 2 is 2.00 bits per heavy atom. The first-order valence-electron chi connectivity index (χ1n) is 8.70. The number of alkyl halides is 3. The van der Waals surface area contributed by atoms with E-state index in [2.05, 4.69) is 15.6 Å². The van der Waals surface area contributed by atoms with E-state index >= 15 is 0 Å². The van der Waals surface area contributed by atoms with Gasteiger partial charge in [-0.2, -0.15) is 13.2 Å². The molecule has 0 radical (unpaired) electrons. The Balaban J connectivity index is 0.000000396. The Morgan fingerprint density at radius 1 is 1.37 bits per heavy atom. The van der Waals surface area contributed by atoms with Crippen LogP contribution >= 0.6 is 23.2 Å². The number of methoxy groups -OCH3 is 1. The molecular formula is C18H20Cl2F3N3O4. The van der Waals surface area contributed by atoms with Gasteiger partial charge in [0.2, 0.25) is 5.89 Å². The van der Waals surface area contributed by atoms with Crippen molar-refractivity contribution in [3.8, 4) is 11.5 Å². The van der Waals surface area contributed by atoms with Gasteiger partial charge in [0, 0.05) is 35.8 Å². The van der Waals surface area contributed by atoms with Gasteiger partial charge in [0.15, 0.2) is 0 Å². The first kappa shape index (κ1) is 24.4. The fourth-order valence-electron chi connectivity index (χ4n) is 2.82. The molecular weight excluding hydrogens is 450 g/mol. The molecule has 7 nitrogen and oxygen atoms in total. The van der Waals surface area contributed by atoms with Gasteiger partial charge in [0.05, 0.1) is 17.8 Å². The molecule has 1 saturated heterocycles. The van der Waals surface area contributed by atoms with Crippen LogP contribution in [0, 0.1) is 0 Å². The van der Waals surface area contributed by atoms with Crippen LogP contribution in [0.3, 0.4) is 0 Å². The molecule has 1 fully saturated rings.